The molecular formula is C15H17NO. The normalized spacial score (nSPS) is 30.9. The molecule has 2 nitrogen and oxygen atoms in total. The Bertz CT molecular complexity index is 419. The van der Waals surface area contributed by atoms with Gasteiger partial charge in [0, 0.05) is 5.56 Å². The quantitative estimate of drug-likeness (QED) is 0.781. The van der Waals surface area contributed by atoms with Crippen LogP contribution in [0.25, 0.3) is 0 Å². The Morgan fingerprint density at radius 2 is 1.76 bits per heavy atom. The first-order chi connectivity index (χ1) is 8.35. The number of benzene rings is 1. The Hall–Kier alpha value is -1.46. The average Bonchev–Trinajstić information content (AvgIpc) is 2.90. The van der Waals surface area contributed by atoms with E-state index in [4.69, 9.17) is 11.2 Å². The largest absolute Gasteiger partial charge is 0.490 e. The second-order valence-electron chi connectivity index (χ2n) is 5.06. The van der Waals surface area contributed by atoms with Gasteiger partial charge in [-0.1, -0.05) is 5.92 Å². The van der Waals surface area contributed by atoms with Crippen LogP contribution >= 0.6 is 0 Å². The molecule has 2 aliphatic rings. The molecule has 0 radical (unpaired) electrons. The third-order valence-electron chi connectivity index (χ3n) is 3.93. The van der Waals surface area contributed by atoms with Crippen LogP contribution in [0.5, 0.6) is 5.75 Å². The lowest BCUT2D eigenvalue weighted by Crippen LogP contribution is -2.18. The molecule has 1 saturated heterocycles. The van der Waals surface area contributed by atoms with Gasteiger partial charge >= 0.3 is 0 Å². The Balaban J connectivity index is 1.62. The van der Waals surface area contributed by atoms with E-state index in [0.717, 1.165) is 23.1 Å². The molecule has 1 N–H and O–H groups in total. The number of ether oxygens (including phenoxy) is 1. The topological polar surface area (TPSA) is 21.3 Å². The van der Waals surface area contributed by atoms with Crippen molar-refractivity contribution in [2.24, 2.45) is 11.8 Å². The minimum atomic E-state index is 0.392. The van der Waals surface area contributed by atoms with Gasteiger partial charge in [-0.25, -0.2) is 0 Å². The SMILES string of the molecule is C#Cc1ccc(OC2CC3CNCC3C2)cc1. The number of rotatable bonds is 2. The van der Waals surface area contributed by atoms with Gasteiger partial charge in [0.05, 0.1) is 6.10 Å². The number of terminal acetylenes is 1. The summed E-state index contributed by atoms with van der Waals surface area (Å²) in [5.74, 6) is 5.21. The Labute approximate surface area is 102 Å². The smallest absolute Gasteiger partial charge is 0.119 e. The third-order valence-corrected chi connectivity index (χ3v) is 3.93. The van der Waals surface area contributed by atoms with E-state index in [2.05, 4.69) is 11.2 Å². The van der Waals surface area contributed by atoms with Crippen molar-refractivity contribution in [1.29, 1.82) is 0 Å². The van der Waals surface area contributed by atoms with Crippen molar-refractivity contribution in [3.8, 4) is 18.1 Å². The molecule has 2 heteroatoms. The zero-order valence-electron chi connectivity index (χ0n) is 9.86. The van der Waals surface area contributed by atoms with Gasteiger partial charge in [0.2, 0.25) is 0 Å². The molecule has 1 aromatic carbocycles. The van der Waals surface area contributed by atoms with E-state index in [1.165, 1.54) is 25.9 Å². The van der Waals surface area contributed by atoms with Crippen molar-refractivity contribution in [3.05, 3.63) is 29.8 Å². The van der Waals surface area contributed by atoms with Gasteiger partial charge in [0.25, 0.3) is 0 Å². The van der Waals surface area contributed by atoms with Crippen LogP contribution in [0.3, 0.4) is 0 Å². The van der Waals surface area contributed by atoms with Crippen LogP contribution < -0.4 is 10.1 Å². The Morgan fingerprint density at radius 1 is 1.12 bits per heavy atom. The fourth-order valence-corrected chi connectivity index (χ4v) is 3.03. The van der Waals surface area contributed by atoms with E-state index in [1.54, 1.807) is 0 Å². The summed E-state index contributed by atoms with van der Waals surface area (Å²) >= 11 is 0. The van der Waals surface area contributed by atoms with Gasteiger partial charge in [-0.2, -0.15) is 0 Å². The fourth-order valence-electron chi connectivity index (χ4n) is 3.03. The summed E-state index contributed by atoms with van der Waals surface area (Å²) in [6.07, 6.45) is 8.10. The standard InChI is InChI=1S/C15H17NO/c1-2-11-3-5-14(6-4-11)17-15-7-12-9-16-10-13(12)8-15/h1,3-6,12-13,15-16H,7-10H2. The molecule has 1 aromatic rings. The highest BCUT2D eigenvalue weighted by Gasteiger charge is 2.38. The van der Waals surface area contributed by atoms with Gasteiger partial charge in [0.1, 0.15) is 5.75 Å². The molecule has 0 amide bonds. The van der Waals surface area contributed by atoms with E-state index in [0.29, 0.717) is 6.10 Å². The summed E-state index contributed by atoms with van der Waals surface area (Å²) in [4.78, 5) is 0. The number of hydrogen-bond donors (Lipinski definition) is 1. The van der Waals surface area contributed by atoms with Gasteiger partial charge in [-0.05, 0) is 62.0 Å². The lowest BCUT2D eigenvalue weighted by molar-refractivity contribution is 0.199. The summed E-state index contributed by atoms with van der Waals surface area (Å²) in [5.41, 5.74) is 0.907. The van der Waals surface area contributed by atoms with Crippen LogP contribution in [-0.2, 0) is 0 Å². The van der Waals surface area contributed by atoms with Crippen LogP contribution in [0.4, 0.5) is 0 Å². The van der Waals surface area contributed by atoms with Crippen molar-refractivity contribution >= 4 is 0 Å². The Morgan fingerprint density at radius 3 is 2.35 bits per heavy atom. The fraction of sp³-hybridized carbons (Fsp3) is 0.467. The molecule has 88 valence electrons. The average molecular weight is 227 g/mol. The Kier molecular flexibility index (Phi) is 2.78. The monoisotopic (exact) mass is 227 g/mol. The summed E-state index contributed by atoms with van der Waals surface area (Å²) < 4.78 is 6.01. The highest BCUT2D eigenvalue weighted by Crippen LogP contribution is 2.36. The molecule has 1 saturated carbocycles. The molecule has 0 aromatic heterocycles. The molecule has 3 rings (SSSR count). The molecule has 1 aliphatic carbocycles. The maximum absolute atomic E-state index is 6.01. The first-order valence-corrected chi connectivity index (χ1v) is 6.29. The van der Waals surface area contributed by atoms with Gasteiger partial charge in [0.15, 0.2) is 0 Å². The summed E-state index contributed by atoms with van der Waals surface area (Å²) in [6.45, 7) is 2.33. The van der Waals surface area contributed by atoms with Crippen molar-refractivity contribution in [3.63, 3.8) is 0 Å². The minimum Gasteiger partial charge on any atom is -0.490 e. The molecule has 17 heavy (non-hydrogen) atoms. The maximum Gasteiger partial charge on any atom is 0.119 e. The highest BCUT2D eigenvalue weighted by molar-refractivity contribution is 5.36. The summed E-state index contributed by atoms with van der Waals surface area (Å²) in [7, 11) is 0. The molecule has 2 atom stereocenters. The number of hydrogen-bond acceptors (Lipinski definition) is 2. The molecule has 1 heterocycles. The maximum atomic E-state index is 6.01. The molecule has 1 aliphatic heterocycles. The first-order valence-electron chi connectivity index (χ1n) is 6.29. The van der Waals surface area contributed by atoms with Crippen LogP contribution in [0.1, 0.15) is 18.4 Å². The molecular weight excluding hydrogens is 210 g/mol. The lowest BCUT2D eigenvalue weighted by Gasteiger charge is -2.14. The van der Waals surface area contributed by atoms with Crippen molar-refractivity contribution in [2.75, 3.05) is 13.1 Å². The minimum absolute atomic E-state index is 0.392. The van der Waals surface area contributed by atoms with Crippen LogP contribution in [-0.4, -0.2) is 19.2 Å². The van der Waals surface area contributed by atoms with Crippen LogP contribution in [0.2, 0.25) is 0 Å². The lowest BCUT2D eigenvalue weighted by atomic mass is 10.0. The van der Waals surface area contributed by atoms with Crippen molar-refractivity contribution < 1.29 is 4.74 Å². The molecule has 2 fully saturated rings. The van der Waals surface area contributed by atoms with Gasteiger partial charge < -0.3 is 10.1 Å². The van der Waals surface area contributed by atoms with Crippen molar-refractivity contribution in [2.45, 2.75) is 18.9 Å². The van der Waals surface area contributed by atoms with Crippen molar-refractivity contribution in [1.82, 2.24) is 5.32 Å². The zero-order chi connectivity index (χ0) is 11.7. The predicted molar refractivity (Wildman–Crippen MR) is 67.9 cm³/mol. The van der Waals surface area contributed by atoms with E-state index in [-0.39, 0.29) is 0 Å². The van der Waals surface area contributed by atoms with Crippen LogP contribution in [0, 0.1) is 24.2 Å². The van der Waals surface area contributed by atoms with E-state index in [9.17, 15) is 0 Å². The van der Waals surface area contributed by atoms with Crippen LogP contribution in [0.15, 0.2) is 24.3 Å². The van der Waals surface area contributed by atoms with E-state index >= 15 is 0 Å². The molecule has 0 bridgehead atoms. The molecule has 0 spiro atoms. The summed E-state index contributed by atoms with van der Waals surface area (Å²) in [6, 6.07) is 7.82. The third kappa shape index (κ3) is 2.16. The predicted octanol–water partition coefficient (Wildman–Crippen LogP) is 2.04. The second-order valence-corrected chi connectivity index (χ2v) is 5.06. The van der Waals surface area contributed by atoms with Gasteiger partial charge in [-0.3, -0.25) is 0 Å². The number of nitrogens with one attached hydrogen (secondary N) is 1. The first kappa shape index (κ1) is 10.7. The second kappa shape index (κ2) is 4.43. The highest BCUT2D eigenvalue weighted by atomic mass is 16.5. The zero-order valence-corrected chi connectivity index (χ0v) is 9.86. The molecule has 2 unspecified atom stereocenters. The summed E-state index contributed by atoms with van der Waals surface area (Å²) in [5, 5.41) is 3.45. The number of fused-ring (bicyclic) bond motifs is 1. The van der Waals surface area contributed by atoms with Gasteiger partial charge in [-0.15, -0.1) is 6.42 Å². The van der Waals surface area contributed by atoms with E-state index in [1.807, 2.05) is 24.3 Å². The van der Waals surface area contributed by atoms with E-state index < -0.39 is 0 Å².